The molecule has 0 saturated carbocycles. The van der Waals surface area contributed by atoms with Crippen LogP contribution in [0.5, 0.6) is 0 Å². The smallest absolute Gasteiger partial charge is 0.251 e. The number of β-amino-alcohol motifs (C(OH)–C–C–N with tert-alkyl or cyclic N) is 1. The van der Waals surface area contributed by atoms with Crippen LogP contribution in [0.1, 0.15) is 21.7 Å². The monoisotopic (exact) mass is 390 g/mol. The van der Waals surface area contributed by atoms with Gasteiger partial charge in [-0.25, -0.2) is 4.98 Å². The van der Waals surface area contributed by atoms with Crippen molar-refractivity contribution in [2.75, 3.05) is 18.0 Å². The summed E-state index contributed by atoms with van der Waals surface area (Å²) in [4.78, 5) is 20.2. The number of amides is 1. The number of nitrogens with zero attached hydrogens (tertiary/aromatic N) is 3. The number of fused-ring (bicyclic) bond motifs is 1. The number of carbonyl (C=O) groups is 1. The maximum Gasteiger partial charge on any atom is 0.251 e. The molecule has 2 aromatic heterocycles. The van der Waals surface area contributed by atoms with E-state index in [2.05, 4.69) is 15.2 Å². The van der Waals surface area contributed by atoms with E-state index in [1.165, 1.54) is 11.3 Å². The normalized spacial score (nSPS) is 17.2. The molecule has 0 bridgehead atoms. The molecule has 1 aromatic carbocycles. The van der Waals surface area contributed by atoms with Gasteiger partial charge in [0.25, 0.3) is 5.91 Å². The second-order valence-electron chi connectivity index (χ2n) is 6.45. The molecule has 6 nitrogen and oxygen atoms in total. The molecule has 1 amide bonds. The molecule has 0 aliphatic carbocycles. The van der Waals surface area contributed by atoms with Crippen LogP contribution in [0.2, 0.25) is 4.34 Å². The van der Waals surface area contributed by atoms with Crippen LogP contribution in [0.15, 0.2) is 30.3 Å². The van der Waals surface area contributed by atoms with Crippen LogP contribution in [0.3, 0.4) is 0 Å². The van der Waals surface area contributed by atoms with E-state index in [1.807, 2.05) is 41.9 Å². The van der Waals surface area contributed by atoms with Gasteiger partial charge in [0.05, 0.1) is 28.0 Å². The number of halogens is 1. The van der Waals surface area contributed by atoms with E-state index in [9.17, 15) is 9.90 Å². The molecule has 1 fully saturated rings. The van der Waals surface area contributed by atoms with Gasteiger partial charge < -0.3 is 19.9 Å². The summed E-state index contributed by atoms with van der Waals surface area (Å²) < 4.78 is 2.71. The summed E-state index contributed by atoms with van der Waals surface area (Å²) in [6.07, 6.45) is 0.450. The highest BCUT2D eigenvalue weighted by Gasteiger charge is 2.24. The zero-order valence-electron chi connectivity index (χ0n) is 14.3. The van der Waals surface area contributed by atoms with Crippen molar-refractivity contribution < 1.29 is 9.90 Å². The van der Waals surface area contributed by atoms with Crippen molar-refractivity contribution in [1.82, 2.24) is 14.9 Å². The highest BCUT2D eigenvalue weighted by atomic mass is 35.5. The second-order valence-corrected chi connectivity index (χ2v) is 8.25. The molecule has 1 aliphatic rings. The molecule has 136 valence electrons. The lowest BCUT2D eigenvalue weighted by atomic mass is 10.2. The topological polar surface area (TPSA) is 70.4 Å². The zero-order valence-corrected chi connectivity index (χ0v) is 15.8. The fourth-order valence-electron chi connectivity index (χ4n) is 3.25. The summed E-state index contributed by atoms with van der Waals surface area (Å²) in [6.45, 7) is 1.83. The van der Waals surface area contributed by atoms with Crippen molar-refractivity contribution in [3.8, 4) is 0 Å². The minimum atomic E-state index is -0.304. The number of anilines is 1. The number of aryl methyl sites for hydroxylation is 1. The Balaban J connectivity index is 1.54. The Hall–Kier alpha value is -2.09. The predicted molar refractivity (Wildman–Crippen MR) is 104 cm³/mol. The SMILES string of the molecule is Cn1c(N2CC[C@H](O)C2)nc2cc(C(=O)NCc3ccc(Cl)s3)ccc21. The number of rotatable bonds is 4. The molecule has 1 aliphatic heterocycles. The van der Waals surface area contributed by atoms with Gasteiger partial charge in [-0.1, -0.05) is 11.6 Å². The van der Waals surface area contributed by atoms with E-state index in [0.29, 0.717) is 23.0 Å². The fourth-order valence-corrected chi connectivity index (χ4v) is 4.28. The van der Waals surface area contributed by atoms with Gasteiger partial charge in [0, 0.05) is 30.6 Å². The van der Waals surface area contributed by atoms with E-state index in [1.54, 1.807) is 0 Å². The molecule has 0 radical (unpaired) electrons. The number of imidazole rings is 1. The third kappa shape index (κ3) is 3.30. The summed E-state index contributed by atoms with van der Waals surface area (Å²) in [5.41, 5.74) is 2.31. The van der Waals surface area contributed by atoms with Crippen LogP contribution in [0, 0.1) is 0 Å². The molecule has 3 aromatic rings. The van der Waals surface area contributed by atoms with Gasteiger partial charge in [-0.15, -0.1) is 11.3 Å². The lowest BCUT2D eigenvalue weighted by Crippen LogP contribution is -2.24. The minimum Gasteiger partial charge on any atom is -0.391 e. The minimum absolute atomic E-state index is 0.139. The standard InChI is InChI=1S/C18H19ClN4O2S/c1-22-15-4-2-11(17(25)20-9-13-3-5-16(19)26-13)8-14(15)21-18(22)23-7-6-12(24)10-23/h2-5,8,12,24H,6-7,9-10H2,1H3,(H,20,25)/t12-/m0/s1. The average molecular weight is 391 g/mol. The predicted octanol–water partition coefficient (Wildman–Crippen LogP) is 2.79. The molecule has 1 saturated heterocycles. The Morgan fingerprint density at radius 2 is 2.27 bits per heavy atom. The van der Waals surface area contributed by atoms with Gasteiger partial charge in [0.15, 0.2) is 0 Å². The lowest BCUT2D eigenvalue weighted by Gasteiger charge is -2.16. The number of aromatic nitrogens is 2. The number of hydrogen-bond acceptors (Lipinski definition) is 5. The summed E-state index contributed by atoms with van der Waals surface area (Å²) in [5, 5.41) is 12.7. The van der Waals surface area contributed by atoms with Crippen molar-refractivity contribution in [2.24, 2.45) is 7.05 Å². The van der Waals surface area contributed by atoms with Crippen molar-refractivity contribution in [1.29, 1.82) is 0 Å². The highest BCUT2D eigenvalue weighted by molar-refractivity contribution is 7.16. The van der Waals surface area contributed by atoms with Gasteiger partial charge >= 0.3 is 0 Å². The first-order chi connectivity index (χ1) is 12.5. The van der Waals surface area contributed by atoms with Gasteiger partial charge in [0.2, 0.25) is 5.95 Å². The van der Waals surface area contributed by atoms with E-state index in [0.717, 1.165) is 34.8 Å². The summed E-state index contributed by atoms with van der Waals surface area (Å²) >= 11 is 7.37. The first kappa shape index (κ1) is 17.3. The van der Waals surface area contributed by atoms with E-state index < -0.39 is 0 Å². The van der Waals surface area contributed by atoms with Crippen molar-refractivity contribution in [2.45, 2.75) is 19.1 Å². The van der Waals surface area contributed by atoms with Gasteiger partial charge in [0.1, 0.15) is 0 Å². The number of thiophene rings is 1. The number of benzene rings is 1. The first-order valence-electron chi connectivity index (χ1n) is 8.43. The number of aliphatic hydroxyl groups is 1. The van der Waals surface area contributed by atoms with Crippen molar-refractivity contribution in [3.63, 3.8) is 0 Å². The zero-order chi connectivity index (χ0) is 18.3. The Labute approximate surface area is 160 Å². The van der Waals surface area contributed by atoms with Gasteiger partial charge in [-0.2, -0.15) is 0 Å². The van der Waals surface area contributed by atoms with Crippen LogP contribution in [-0.2, 0) is 13.6 Å². The molecule has 2 N–H and O–H groups in total. The summed E-state index contributed by atoms with van der Waals surface area (Å²) in [6, 6.07) is 9.26. The third-order valence-corrected chi connectivity index (χ3v) is 5.85. The lowest BCUT2D eigenvalue weighted by molar-refractivity contribution is 0.0951. The Morgan fingerprint density at radius 3 is 2.96 bits per heavy atom. The second kappa shape index (κ2) is 6.90. The quantitative estimate of drug-likeness (QED) is 0.718. The van der Waals surface area contributed by atoms with Crippen LogP contribution >= 0.6 is 22.9 Å². The number of nitrogens with one attached hydrogen (secondary N) is 1. The van der Waals surface area contributed by atoms with Gasteiger partial charge in [-0.3, -0.25) is 4.79 Å². The summed E-state index contributed by atoms with van der Waals surface area (Å²) in [5.74, 6) is 0.683. The highest BCUT2D eigenvalue weighted by Crippen LogP contribution is 2.25. The van der Waals surface area contributed by atoms with Crippen molar-refractivity contribution in [3.05, 3.63) is 45.1 Å². The Kier molecular flexibility index (Phi) is 4.60. The first-order valence-corrected chi connectivity index (χ1v) is 9.62. The molecule has 3 heterocycles. The maximum atomic E-state index is 12.4. The number of hydrogen-bond donors (Lipinski definition) is 2. The van der Waals surface area contributed by atoms with E-state index >= 15 is 0 Å². The van der Waals surface area contributed by atoms with Crippen LogP contribution in [0.4, 0.5) is 5.95 Å². The Morgan fingerprint density at radius 1 is 1.42 bits per heavy atom. The molecule has 0 spiro atoms. The number of aliphatic hydroxyl groups excluding tert-OH is 1. The molecule has 26 heavy (non-hydrogen) atoms. The van der Waals surface area contributed by atoms with Crippen LogP contribution in [0.25, 0.3) is 11.0 Å². The molecular weight excluding hydrogens is 372 g/mol. The molecule has 4 rings (SSSR count). The third-order valence-electron chi connectivity index (χ3n) is 4.62. The summed E-state index contributed by atoms with van der Waals surface area (Å²) in [7, 11) is 1.95. The van der Waals surface area contributed by atoms with Gasteiger partial charge in [-0.05, 0) is 36.8 Å². The van der Waals surface area contributed by atoms with Crippen molar-refractivity contribution >= 4 is 45.8 Å². The molecular formula is C18H19ClN4O2S. The fraction of sp³-hybridized carbons (Fsp3) is 0.333. The van der Waals surface area contributed by atoms with Crippen LogP contribution in [-0.4, -0.2) is 39.8 Å². The molecule has 0 unspecified atom stereocenters. The Bertz CT molecular complexity index is 967. The number of carbonyl (C=O) groups excluding carboxylic acids is 1. The molecule has 1 atom stereocenters. The largest absolute Gasteiger partial charge is 0.391 e. The average Bonchev–Trinajstić information content (AvgIpc) is 3.32. The molecule has 8 heteroatoms. The van der Waals surface area contributed by atoms with Crippen LogP contribution < -0.4 is 10.2 Å². The van der Waals surface area contributed by atoms with E-state index in [4.69, 9.17) is 11.6 Å². The van der Waals surface area contributed by atoms with E-state index in [-0.39, 0.29) is 12.0 Å². The maximum absolute atomic E-state index is 12.4.